The molecule has 4 nitrogen and oxygen atoms in total. The zero-order chi connectivity index (χ0) is 30.8. The van der Waals surface area contributed by atoms with Crippen molar-refractivity contribution in [1.29, 1.82) is 0 Å². The van der Waals surface area contributed by atoms with E-state index in [2.05, 4.69) is 38.1 Å². The second kappa shape index (κ2) is 13.5. The summed E-state index contributed by atoms with van der Waals surface area (Å²) in [6.07, 6.45) is 17.4. The van der Waals surface area contributed by atoms with E-state index in [1.165, 1.54) is 98.6 Å². The maximum atomic E-state index is 13.6. The fraction of sp³-hybridized carbons (Fsp3) is 0.550. The molecule has 0 aromatic heterocycles. The van der Waals surface area contributed by atoms with Crippen molar-refractivity contribution in [3.63, 3.8) is 0 Å². The first-order valence-electron chi connectivity index (χ1n) is 17.5. The van der Waals surface area contributed by atoms with Gasteiger partial charge in [-0.2, -0.15) is 0 Å². The molecule has 0 atom stereocenters. The highest BCUT2D eigenvalue weighted by molar-refractivity contribution is 6.06. The topological polar surface area (TPSA) is 52.6 Å². The lowest BCUT2D eigenvalue weighted by atomic mass is 9.69. The molecule has 0 amide bonds. The molecule has 44 heavy (non-hydrogen) atoms. The maximum Gasteiger partial charge on any atom is 0.339 e. The van der Waals surface area contributed by atoms with E-state index in [0.717, 1.165) is 62.5 Å². The zero-order valence-electron chi connectivity index (χ0n) is 27.4. The third-order valence-electron chi connectivity index (χ3n) is 11.0. The van der Waals surface area contributed by atoms with Crippen molar-refractivity contribution in [2.75, 3.05) is 14.2 Å². The molecule has 3 aliphatic rings. The minimum absolute atomic E-state index is 0.413. The summed E-state index contributed by atoms with van der Waals surface area (Å²) in [5, 5.41) is 2.92. The van der Waals surface area contributed by atoms with E-state index in [-0.39, 0.29) is 0 Å². The lowest BCUT2D eigenvalue weighted by Gasteiger charge is -2.35. The molecule has 2 saturated carbocycles. The number of unbranched alkanes of at least 4 members (excludes halogenated alkanes) is 2. The van der Waals surface area contributed by atoms with Gasteiger partial charge >= 0.3 is 11.9 Å². The van der Waals surface area contributed by atoms with Gasteiger partial charge in [0.05, 0.1) is 25.3 Å². The van der Waals surface area contributed by atoms with E-state index in [4.69, 9.17) is 9.47 Å². The Balaban J connectivity index is 1.70. The Labute approximate surface area is 263 Å². The van der Waals surface area contributed by atoms with Gasteiger partial charge in [0.1, 0.15) is 0 Å². The van der Waals surface area contributed by atoms with Gasteiger partial charge < -0.3 is 9.47 Å². The molecule has 4 heteroatoms. The lowest BCUT2D eigenvalue weighted by molar-refractivity contribution is 0.0552. The van der Waals surface area contributed by atoms with E-state index >= 15 is 0 Å². The molecule has 6 rings (SSSR count). The van der Waals surface area contributed by atoms with E-state index in [0.29, 0.717) is 23.0 Å². The van der Waals surface area contributed by atoms with Gasteiger partial charge in [0, 0.05) is 0 Å². The Hall–Kier alpha value is -3.14. The Bertz CT molecular complexity index is 1440. The molecule has 0 radical (unpaired) electrons. The van der Waals surface area contributed by atoms with Gasteiger partial charge in [-0.3, -0.25) is 0 Å². The standard InChI is InChI=1S/C40H50O4/c1-5-7-19-29-31-23-33-34(24-32(31)30(20-8-6-2)38(40(42)44-4)37(29)39(41)43-3)36(26-17-11-12-18-26)28-22-14-13-21-27(28)35(33)25-15-9-10-16-25/h13-14,21-22,25-26H,5-12,15-20,23-24H2,1-4H3. The van der Waals surface area contributed by atoms with Crippen LogP contribution in [0.2, 0.25) is 0 Å². The van der Waals surface area contributed by atoms with Crippen LogP contribution in [0.5, 0.6) is 0 Å². The smallest absolute Gasteiger partial charge is 0.339 e. The average molecular weight is 595 g/mol. The third kappa shape index (κ3) is 5.37. The molecular weight excluding hydrogens is 544 g/mol. The lowest BCUT2D eigenvalue weighted by Crippen LogP contribution is -2.25. The van der Waals surface area contributed by atoms with Crippen LogP contribution in [-0.2, 0) is 35.2 Å². The number of carbonyl (C=O) groups is 2. The summed E-state index contributed by atoms with van der Waals surface area (Å²) in [7, 11) is 2.87. The molecule has 234 valence electrons. The van der Waals surface area contributed by atoms with E-state index < -0.39 is 11.9 Å². The van der Waals surface area contributed by atoms with Crippen LogP contribution in [0.4, 0.5) is 0 Å². The summed E-state index contributed by atoms with van der Waals surface area (Å²) in [6.45, 7) is 4.38. The number of ether oxygens (including phenoxy) is 2. The Kier molecular flexibility index (Phi) is 9.45. The molecule has 0 bridgehead atoms. The predicted molar refractivity (Wildman–Crippen MR) is 178 cm³/mol. The first-order chi connectivity index (χ1) is 21.5. The van der Waals surface area contributed by atoms with Crippen molar-refractivity contribution in [3.05, 3.63) is 79.9 Å². The van der Waals surface area contributed by atoms with Gasteiger partial charge in [-0.1, -0.05) is 76.6 Å². The van der Waals surface area contributed by atoms with Crippen LogP contribution in [0.15, 0.2) is 24.3 Å². The third-order valence-corrected chi connectivity index (χ3v) is 11.0. The van der Waals surface area contributed by atoms with Crippen molar-refractivity contribution in [2.24, 2.45) is 0 Å². The normalized spacial score (nSPS) is 16.7. The first-order valence-corrected chi connectivity index (χ1v) is 17.5. The van der Waals surface area contributed by atoms with Crippen LogP contribution in [0, 0.1) is 0 Å². The Morgan fingerprint density at radius 1 is 0.636 bits per heavy atom. The minimum Gasteiger partial charge on any atom is -0.465 e. The van der Waals surface area contributed by atoms with Gasteiger partial charge in [-0.05, 0) is 131 Å². The number of methoxy groups -OCH3 is 2. The van der Waals surface area contributed by atoms with E-state index in [1.807, 2.05) is 0 Å². The monoisotopic (exact) mass is 594 g/mol. The Morgan fingerprint density at radius 3 is 1.36 bits per heavy atom. The highest BCUT2D eigenvalue weighted by Gasteiger charge is 2.37. The number of carbonyl (C=O) groups excluding carboxylic acids is 2. The minimum atomic E-state index is -0.413. The summed E-state index contributed by atoms with van der Waals surface area (Å²) < 4.78 is 10.8. The van der Waals surface area contributed by atoms with Gasteiger partial charge in [0.2, 0.25) is 0 Å². The van der Waals surface area contributed by atoms with Crippen LogP contribution >= 0.6 is 0 Å². The highest BCUT2D eigenvalue weighted by Crippen LogP contribution is 2.50. The summed E-state index contributed by atoms with van der Waals surface area (Å²) >= 11 is 0. The second-order valence-corrected chi connectivity index (χ2v) is 13.5. The summed E-state index contributed by atoms with van der Waals surface area (Å²) in [6, 6.07) is 9.25. The molecule has 0 N–H and O–H groups in total. The molecule has 3 aromatic rings. The molecule has 3 aromatic carbocycles. The van der Waals surface area contributed by atoms with Crippen LogP contribution in [0.3, 0.4) is 0 Å². The molecule has 0 aliphatic heterocycles. The fourth-order valence-electron chi connectivity index (χ4n) is 9.03. The van der Waals surface area contributed by atoms with Crippen molar-refractivity contribution < 1.29 is 19.1 Å². The molecule has 0 spiro atoms. The van der Waals surface area contributed by atoms with E-state index in [9.17, 15) is 9.59 Å². The fourth-order valence-corrected chi connectivity index (χ4v) is 9.03. The SMILES string of the molecule is CCCCc1c2c(c(CCCC)c(C(=O)OC)c1C(=O)OC)Cc1c(c(C3CCCC3)c3ccccc3c1C1CCCC1)C2. The first kappa shape index (κ1) is 30.9. The van der Waals surface area contributed by atoms with Crippen LogP contribution in [-0.4, -0.2) is 26.2 Å². The number of hydrogen-bond donors (Lipinski definition) is 0. The van der Waals surface area contributed by atoms with Gasteiger partial charge in [-0.25, -0.2) is 9.59 Å². The average Bonchev–Trinajstić information content (AvgIpc) is 3.79. The quantitative estimate of drug-likeness (QED) is 0.172. The van der Waals surface area contributed by atoms with Crippen molar-refractivity contribution in [1.82, 2.24) is 0 Å². The van der Waals surface area contributed by atoms with Gasteiger partial charge in [-0.15, -0.1) is 0 Å². The molecule has 0 saturated heterocycles. The van der Waals surface area contributed by atoms with Gasteiger partial charge in [0.25, 0.3) is 0 Å². The molecule has 3 aliphatic carbocycles. The summed E-state index contributed by atoms with van der Waals surface area (Å²) in [4.78, 5) is 27.3. The number of hydrogen-bond acceptors (Lipinski definition) is 4. The molecular formula is C40H50O4. The summed E-state index contributed by atoms with van der Waals surface area (Å²) in [5.74, 6) is 0.342. The highest BCUT2D eigenvalue weighted by atomic mass is 16.5. The zero-order valence-corrected chi connectivity index (χ0v) is 27.4. The van der Waals surface area contributed by atoms with Crippen LogP contribution < -0.4 is 0 Å². The molecule has 2 fully saturated rings. The van der Waals surface area contributed by atoms with Crippen LogP contribution in [0.1, 0.15) is 168 Å². The molecule has 0 unspecified atom stereocenters. The predicted octanol–water partition coefficient (Wildman–Crippen LogP) is 9.91. The number of benzene rings is 3. The Morgan fingerprint density at radius 2 is 1.02 bits per heavy atom. The summed E-state index contributed by atoms with van der Waals surface area (Å²) in [5.41, 5.74) is 11.8. The van der Waals surface area contributed by atoms with Crippen molar-refractivity contribution in [3.8, 4) is 0 Å². The number of rotatable bonds is 10. The van der Waals surface area contributed by atoms with E-state index in [1.54, 1.807) is 11.1 Å². The second-order valence-electron chi connectivity index (χ2n) is 13.5. The van der Waals surface area contributed by atoms with Crippen LogP contribution in [0.25, 0.3) is 10.8 Å². The van der Waals surface area contributed by atoms with Crippen molar-refractivity contribution >= 4 is 22.7 Å². The number of fused-ring (bicyclic) bond motifs is 3. The number of esters is 2. The maximum absolute atomic E-state index is 13.6. The van der Waals surface area contributed by atoms with Crippen molar-refractivity contribution in [2.45, 2.75) is 128 Å². The van der Waals surface area contributed by atoms with Gasteiger partial charge in [0.15, 0.2) is 0 Å². The molecule has 0 heterocycles. The largest absolute Gasteiger partial charge is 0.465 e.